The van der Waals surface area contributed by atoms with Crippen molar-refractivity contribution < 1.29 is 5.11 Å². The molecule has 0 bridgehead atoms. The first-order valence-electron chi connectivity index (χ1n) is 6.40. The molecule has 0 aromatic carbocycles. The van der Waals surface area contributed by atoms with Crippen molar-refractivity contribution in [3.63, 3.8) is 0 Å². The lowest BCUT2D eigenvalue weighted by Gasteiger charge is -2.26. The summed E-state index contributed by atoms with van der Waals surface area (Å²) < 4.78 is 2.06. The molecule has 0 radical (unpaired) electrons. The zero-order valence-electron chi connectivity index (χ0n) is 11.4. The number of hydrogen-bond donors (Lipinski definition) is 2. The molecule has 1 rings (SSSR count). The molecule has 2 unspecified atom stereocenters. The molecular weight excluding hydrogens is 214 g/mol. The van der Waals surface area contributed by atoms with Crippen LogP contribution in [0.1, 0.15) is 51.5 Å². The van der Waals surface area contributed by atoms with Gasteiger partial charge in [0.2, 0.25) is 0 Å². The van der Waals surface area contributed by atoms with Gasteiger partial charge in [-0.15, -0.1) is 0 Å². The Kier molecular flexibility index (Phi) is 4.71. The molecule has 0 amide bonds. The molecule has 0 aliphatic heterocycles. The predicted molar refractivity (Wildman–Crippen MR) is 70.0 cm³/mol. The summed E-state index contributed by atoms with van der Waals surface area (Å²) in [7, 11) is 0. The minimum absolute atomic E-state index is 0.000696. The highest BCUT2D eigenvalue weighted by molar-refractivity contribution is 5.11. The van der Waals surface area contributed by atoms with Crippen molar-refractivity contribution in [3.05, 3.63) is 17.5 Å². The summed E-state index contributed by atoms with van der Waals surface area (Å²) in [5.74, 6) is 0. The number of aromatic nitrogens is 2. The maximum absolute atomic E-state index is 9.21. The SMILES string of the molecule is CCc1cc(CC)n(C(C)CC(C)(N)CO)n1. The van der Waals surface area contributed by atoms with Crippen molar-refractivity contribution in [2.45, 2.75) is 58.5 Å². The molecule has 0 spiro atoms. The average molecular weight is 239 g/mol. The van der Waals surface area contributed by atoms with Gasteiger partial charge in [-0.3, -0.25) is 4.68 Å². The number of aliphatic hydroxyl groups is 1. The van der Waals surface area contributed by atoms with Gasteiger partial charge < -0.3 is 10.8 Å². The van der Waals surface area contributed by atoms with Crippen LogP contribution in [0.5, 0.6) is 0 Å². The third kappa shape index (κ3) is 3.54. The van der Waals surface area contributed by atoms with Gasteiger partial charge in [0.25, 0.3) is 0 Å². The first kappa shape index (κ1) is 14.2. The fraction of sp³-hybridized carbons (Fsp3) is 0.769. The number of aryl methyl sites for hydroxylation is 2. The van der Waals surface area contributed by atoms with E-state index in [9.17, 15) is 5.11 Å². The van der Waals surface area contributed by atoms with Crippen LogP contribution >= 0.6 is 0 Å². The zero-order valence-corrected chi connectivity index (χ0v) is 11.4. The van der Waals surface area contributed by atoms with Crippen LogP contribution in [0.3, 0.4) is 0 Å². The van der Waals surface area contributed by atoms with Crippen LogP contribution in [0.25, 0.3) is 0 Å². The second kappa shape index (κ2) is 5.65. The summed E-state index contributed by atoms with van der Waals surface area (Å²) in [5.41, 5.74) is 7.82. The van der Waals surface area contributed by atoms with E-state index in [1.54, 1.807) is 0 Å². The fourth-order valence-electron chi connectivity index (χ4n) is 2.13. The summed E-state index contributed by atoms with van der Waals surface area (Å²) in [5, 5.41) is 13.8. The van der Waals surface area contributed by atoms with Crippen molar-refractivity contribution in [1.82, 2.24) is 9.78 Å². The minimum atomic E-state index is -0.539. The third-order valence-electron chi connectivity index (χ3n) is 3.13. The van der Waals surface area contributed by atoms with E-state index in [1.807, 2.05) is 6.92 Å². The Balaban J connectivity index is 2.87. The first-order valence-corrected chi connectivity index (χ1v) is 6.40. The highest BCUT2D eigenvalue weighted by Crippen LogP contribution is 2.21. The third-order valence-corrected chi connectivity index (χ3v) is 3.13. The van der Waals surface area contributed by atoms with Crippen LogP contribution in [0.4, 0.5) is 0 Å². The summed E-state index contributed by atoms with van der Waals surface area (Å²) in [6, 6.07) is 2.37. The number of nitrogens with two attached hydrogens (primary N) is 1. The lowest BCUT2D eigenvalue weighted by Crippen LogP contribution is -2.42. The van der Waals surface area contributed by atoms with Gasteiger partial charge in [-0.2, -0.15) is 5.10 Å². The van der Waals surface area contributed by atoms with E-state index in [4.69, 9.17) is 5.73 Å². The molecule has 1 aromatic rings. The van der Waals surface area contributed by atoms with Crippen molar-refractivity contribution in [3.8, 4) is 0 Å². The maximum Gasteiger partial charge on any atom is 0.0624 e. The monoisotopic (exact) mass is 239 g/mol. The average Bonchev–Trinajstić information content (AvgIpc) is 2.71. The van der Waals surface area contributed by atoms with Crippen molar-refractivity contribution in [2.75, 3.05) is 6.61 Å². The largest absolute Gasteiger partial charge is 0.394 e. The molecule has 2 atom stereocenters. The highest BCUT2D eigenvalue weighted by Gasteiger charge is 2.23. The molecule has 17 heavy (non-hydrogen) atoms. The van der Waals surface area contributed by atoms with E-state index in [2.05, 4.69) is 36.6 Å². The molecule has 4 nitrogen and oxygen atoms in total. The highest BCUT2D eigenvalue weighted by atomic mass is 16.3. The summed E-state index contributed by atoms with van der Waals surface area (Å²) >= 11 is 0. The second-order valence-corrected chi connectivity index (χ2v) is 5.14. The maximum atomic E-state index is 9.21. The lowest BCUT2D eigenvalue weighted by atomic mass is 9.96. The van der Waals surface area contributed by atoms with E-state index < -0.39 is 5.54 Å². The number of nitrogens with zero attached hydrogens (tertiary/aromatic N) is 2. The fourth-order valence-corrected chi connectivity index (χ4v) is 2.13. The van der Waals surface area contributed by atoms with Crippen molar-refractivity contribution in [2.24, 2.45) is 5.73 Å². The Morgan fingerprint density at radius 3 is 2.59 bits per heavy atom. The van der Waals surface area contributed by atoms with E-state index in [0.29, 0.717) is 0 Å². The Hall–Kier alpha value is -0.870. The molecule has 1 aromatic heterocycles. The summed E-state index contributed by atoms with van der Waals surface area (Å²) in [4.78, 5) is 0. The van der Waals surface area contributed by atoms with Crippen LogP contribution in [-0.4, -0.2) is 27.0 Å². The molecule has 1 heterocycles. The van der Waals surface area contributed by atoms with Crippen LogP contribution in [0, 0.1) is 0 Å². The molecule has 4 heteroatoms. The first-order chi connectivity index (χ1) is 7.93. The van der Waals surface area contributed by atoms with Crippen LogP contribution in [0.2, 0.25) is 0 Å². The van der Waals surface area contributed by atoms with Gasteiger partial charge in [0.1, 0.15) is 0 Å². The molecule has 0 saturated heterocycles. The number of rotatable bonds is 6. The molecule has 3 N–H and O–H groups in total. The Morgan fingerprint density at radius 2 is 2.12 bits per heavy atom. The van der Waals surface area contributed by atoms with Gasteiger partial charge in [-0.05, 0) is 39.2 Å². The number of hydrogen-bond acceptors (Lipinski definition) is 3. The van der Waals surface area contributed by atoms with E-state index in [1.165, 1.54) is 5.69 Å². The molecule has 0 fully saturated rings. The van der Waals surface area contributed by atoms with E-state index >= 15 is 0 Å². The van der Waals surface area contributed by atoms with E-state index in [-0.39, 0.29) is 12.6 Å². The molecule has 98 valence electrons. The van der Waals surface area contributed by atoms with Gasteiger partial charge in [-0.25, -0.2) is 0 Å². The van der Waals surface area contributed by atoms with Gasteiger partial charge in [0, 0.05) is 11.2 Å². The Labute approximate surface area is 104 Å². The topological polar surface area (TPSA) is 64.1 Å². The predicted octanol–water partition coefficient (Wildman–Crippen LogP) is 1.67. The number of aliphatic hydroxyl groups excluding tert-OH is 1. The normalized spacial score (nSPS) is 16.8. The van der Waals surface area contributed by atoms with E-state index in [0.717, 1.165) is 25.0 Å². The quantitative estimate of drug-likeness (QED) is 0.793. The minimum Gasteiger partial charge on any atom is -0.394 e. The Bertz CT molecular complexity index is 358. The van der Waals surface area contributed by atoms with Gasteiger partial charge in [-0.1, -0.05) is 13.8 Å². The van der Waals surface area contributed by atoms with Crippen LogP contribution < -0.4 is 5.73 Å². The molecule has 0 aliphatic carbocycles. The lowest BCUT2D eigenvalue weighted by molar-refractivity contribution is 0.182. The van der Waals surface area contributed by atoms with Crippen molar-refractivity contribution >= 4 is 0 Å². The second-order valence-electron chi connectivity index (χ2n) is 5.14. The molecule has 0 saturated carbocycles. The smallest absolute Gasteiger partial charge is 0.0624 e. The Morgan fingerprint density at radius 1 is 1.47 bits per heavy atom. The standard InChI is InChI=1S/C13H25N3O/c1-5-11-7-12(6-2)16(15-11)10(3)8-13(4,14)9-17/h7,10,17H,5-6,8-9,14H2,1-4H3. The summed E-state index contributed by atoms with van der Waals surface area (Å²) in [6.07, 6.45) is 2.64. The summed E-state index contributed by atoms with van der Waals surface area (Å²) in [6.45, 7) is 8.22. The molecular formula is C13H25N3O. The van der Waals surface area contributed by atoms with Gasteiger partial charge in [0.15, 0.2) is 0 Å². The van der Waals surface area contributed by atoms with Gasteiger partial charge in [0.05, 0.1) is 18.3 Å². The zero-order chi connectivity index (χ0) is 13.1. The van der Waals surface area contributed by atoms with Gasteiger partial charge >= 0.3 is 0 Å². The van der Waals surface area contributed by atoms with Crippen LogP contribution in [-0.2, 0) is 12.8 Å². The van der Waals surface area contributed by atoms with Crippen LogP contribution in [0.15, 0.2) is 6.07 Å². The van der Waals surface area contributed by atoms with Crippen molar-refractivity contribution in [1.29, 1.82) is 0 Å². The molecule has 0 aliphatic rings.